The van der Waals surface area contributed by atoms with Gasteiger partial charge in [0.1, 0.15) is 40.2 Å². The average Bonchev–Trinajstić information content (AvgIpc) is 3.45. The Morgan fingerprint density at radius 2 is 1.35 bits per heavy atom. The summed E-state index contributed by atoms with van der Waals surface area (Å²) < 4.78 is 22.7. The predicted molar refractivity (Wildman–Crippen MR) is 194 cm³/mol. The lowest BCUT2D eigenvalue weighted by atomic mass is 10.0. The lowest BCUT2D eigenvalue weighted by molar-refractivity contribution is -0.161. The number of hydrogen-bond donors (Lipinski definition) is 2. The highest BCUT2D eigenvalue weighted by molar-refractivity contribution is 5.87. The number of rotatable bonds is 12. The van der Waals surface area contributed by atoms with Crippen LogP contribution in [0.2, 0.25) is 0 Å². The zero-order valence-electron chi connectivity index (χ0n) is 33.1. The van der Waals surface area contributed by atoms with Crippen LogP contribution in [0.4, 0.5) is 9.59 Å². The van der Waals surface area contributed by atoms with Crippen LogP contribution in [0.25, 0.3) is 0 Å². The van der Waals surface area contributed by atoms with Gasteiger partial charge in [0.2, 0.25) is 5.91 Å². The van der Waals surface area contributed by atoms with Crippen LogP contribution in [0.5, 0.6) is 5.75 Å². The Morgan fingerprint density at radius 3 is 1.86 bits per heavy atom. The third-order valence-electron chi connectivity index (χ3n) is 7.33. The lowest BCUT2D eigenvalue weighted by Gasteiger charge is -2.31. The fraction of sp³-hybridized carbons (Fsp3) is 0.711. The van der Waals surface area contributed by atoms with Gasteiger partial charge >= 0.3 is 24.1 Å². The Kier molecular flexibility index (Phi) is 14.8. The number of benzene rings is 1. The number of nitrogens with one attached hydrogen (secondary N) is 2. The first-order valence-electron chi connectivity index (χ1n) is 17.8. The summed E-state index contributed by atoms with van der Waals surface area (Å²) in [6.45, 7) is 23.6. The first-order chi connectivity index (χ1) is 23.3. The molecule has 288 valence electrons. The van der Waals surface area contributed by atoms with E-state index in [0.29, 0.717) is 25.1 Å². The van der Waals surface area contributed by atoms with E-state index in [-0.39, 0.29) is 31.7 Å². The highest BCUT2D eigenvalue weighted by Crippen LogP contribution is 2.23. The molecule has 1 aromatic carbocycles. The number of likely N-dealkylation sites (tertiary alicyclic amines) is 1. The molecule has 1 heterocycles. The summed E-state index contributed by atoms with van der Waals surface area (Å²) in [6.07, 6.45) is 0.648. The molecule has 0 unspecified atom stereocenters. The molecular weight excluding hydrogens is 656 g/mol. The smallest absolute Gasteiger partial charge is 0.410 e. The number of urea groups is 1. The largest absolute Gasteiger partial charge is 0.488 e. The van der Waals surface area contributed by atoms with Gasteiger partial charge in [0.15, 0.2) is 0 Å². The van der Waals surface area contributed by atoms with E-state index in [4.69, 9.17) is 18.9 Å². The number of esters is 2. The van der Waals surface area contributed by atoms with Gasteiger partial charge in [-0.2, -0.15) is 0 Å². The molecule has 2 N–H and O–H groups in total. The molecule has 1 saturated heterocycles. The molecule has 51 heavy (non-hydrogen) atoms. The first kappa shape index (κ1) is 43.1. The molecule has 13 heteroatoms. The summed E-state index contributed by atoms with van der Waals surface area (Å²) >= 11 is 0. The van der Waals surface area contributed by atoms with Crippen LogP contribution in [-0.2, 0) is 35.0 Å². The van der Waals surface area contributed by atoms with Gasteiger partial charge in [-0.05, 0) is 121 Å². The van der Waals surface area contributed by atoms with Gasteiger partial charge in [-0.25, -0.2) is 14.4 Å². The third kappa shape index (κ3) is 15.8. The zero-order chi connectivity index (χ0) is 38.9. The Hall–Kier alpha value is -4.03. The number of nitrogens with zero attached hydrogens (tertiary/aromatic N) is 2. The summed E-state index contributed by atoms with van der Waals surface area (Å²) in [6, 6.07) is 4.90. The summed E-state index contributed by atoms with van der Waals surface area (Å²) in [4.78, 5) is 69.5. The van der Waals surface area contributed by atoms with Gasteiger partial charge in [-0.3, -0.25) is 14.5 Å². The molecule has 4 amide bonds. The van der Waals surface area contributed by atoms with Crippen molar-refractivity contribution in [3.05, 3.63) is 29.8 Å². The van der Waals surface area contributed by atoms with Crippen molar-refractivity contribution >= 4 is 30.0 Å². The molecule has 2 rings (SSSR count). The molecule has 0 aromatic heterocycles. The van der Waals surface area contributed by atoms with Crippen LogP contribution in [0.15, 0.2) is 24.3 Å². The molecule has 0 saturated carbocycles. The second kappa shape index (κ2) is 17.5. The molecule has 0 radical (unpaired) electrons. The number of ether oxygens (including phenoxy) is 4. The maximum Gasteiger partial charge on any atom is 0.410 e. The number of carbonyl (C=O) groups is 5. The van der Waals surface area contributed by atoms with Crippen LogP contribution in [0, 0.1) is 5.92 Å². The molecular formula is C38H62N4O9. The zero-order valence-corrected chi connectivity index (χ0v) is 33.1. The van der Waals surface area contributed by atoms with E-state index in [1.807, 2.05) is 45.0 Å². The number of hydrogen-bond acceptors (Lipinski definition) is 9. The first-order valence-corrected chi connectivity index (χ1v) is 17.8. The van der Waals surface area contributed by atoms with E-state index in [9.17, 15) is 24.0 Å². The maximum absolute atomic E-state index is 13.8. The molecule has 1 aromatic rings. The van der Waals surface area contributed by atoms with Crippen molar-refractivity contribution in [1.29, 1.82) is 0 Å². The van der Waals surface area contributed by atoms with Gasteiger partial charge < -0.3 is 34.5 Å². The minimum atomic E-state index is -1.04. The molecule has 0 aliphatic carbocycles. The fourth-order valence-electron chi connectivity index (χ4n) is 5.24. The van der Waals surface area contributed by atoms with E-state index in [1.54, 1.807) is 69.2 Å². The topological polar surface area (TPSA) is 153 Å². The highest BCUT2D eigenvalue weighted by atomic mass is 16.6. The van der Waals surface area contributed by atoms with E-state index < -0.39 is 64.8 Å². The van der Waals surface area contributed by atoms with Gasteiger partial charge in [0, 0.05) is 32.6 Å². The van der Waals surface area contributed by atoms with E-state index >= 15 is 0 Å². The Bertz CT molecular complexity index is 1350. The molecule has 1 aliphatic heterocycles. The van der Waals surface area contributed by atoms with E-state index in [2.05, 4.69) is 10.6 Å². The SMILES string of the molecule is CCN(C[C@@H](CNC(=O)[C@@H]1CCCN1C(=O)OC(C)(C)C)C(=O)OC(C)(C)C)C(=O)N[C@@H](Cc1ccc(OC(C)(C)C)cc1)C(=O)OC(C)(C)C. The van der Waals surface area contributed by atoms with E-state index in [1.165, 1.54) is 9.80 Å². The molecule has 1 aliphatic rings. The standard InChI is InChI=1S/C38H62N4O9/c1-14-41(33(46)40-28(32(45)50-37(8,9)10)22-25-17-19-27(20-18-25)48-35(2,3)4)24-26(31(44)49-36(5,6)7)23-39-30(43)29-16-15-21-42(29)34(47)51-38(11,12)13/h17-20,26,28-29H,14-16,21-24H2,1-13H3,(H,39,43)(H,40,46)/t26-,28+,29+/m1/s1. The van der Waals surface area contributed by atoms with Crippen LogP contribution >= 0.6 is 0 Å². The number of carbonyl (C=O) groups excluding carboxylic acids is 5. The highest BCUT2D eigenvalue weighted by Gasteiger charge is 2.38. The second-order valence-corrected chi connectivity index (χ2v) is 16.9. The van der Waals surface area contributed by atoms with Crippen LogP contribution < -0.4 is 15.4 Å². The number of amides is 4. The summed E-state index contributed by atoms with van der Waals surface area (Å²) in [7, 11) is 0. The lowest BCUT2D eigenvalue weighted by Crippen LogP contribution is -2.53. The van der Waals surface area contributed by atoms with Crippen molar-refractivity contribution in [3.63, 3.8) is 0 Å². The van der Waals surface area contributed by atoms with Crippen LogP contribution in [-0.4, -0.2) is 100 Å². The minimum absolute atomic E-state index is 0.113. The molecule has 13 nitrogen and oxygen atoms in total. The minimum Gasteiger partial charge on any atom is -0.488 e. The molecule has 0 bridgehead atoms. The van der Waals surface area contributed by atoms with Crippen molar-refractivity contribution in [3.8, 4) is 5.75 Å². The monoisotopic (exact) mass is 718 g/mol. The average molecular weight is 719 g/mol. The Morgan fingerprint density at radius 1 is 0.804 bits per heavy atom. The Balaban J connectivity index is 2.25. The van der Waals surface area contributed by atoms with Crippen molar-refractivity contribution in [1.82, 2.24) is 20.4 Å². The second-order valence-electron chi connectivity index (χ2n) is 16.9. The van der Waals surface area contributed by atoms with Crippen molar-refractivity contribution in [2.45, 2.75) is 144 Å². The normalized spacial score (nSPS) is 16.4. The van der Waals surface area contributed by atoms with Gasteiger partial charge in [0.05, 0.1) is 5.92 Å². The van der Waals surface area contributed by atoms with Crippen molar-refractivity contribution in [2.24, 2.45) is 5.92 Å². The summed E-state index contributed by atoms with van der Waals surface area (Å²) in [5.41, 5.74) is -1.95. The van der Waals surface area contributed by atoms with Gasteiger partial charge in [-0.1, -0.05) is 12.1 Å². The van der Waals surface area contributed by atoms with Gasteiger partial charge in [0.25, 0.3) is 0 Å². The van der Waals surface area contributed by atoms with Crippen LogP contribution in [0.1, 0.15) is 108 Å². The fourth-order valence-corrected chi connectivity index (χ4v) is 5.24. The third-order valence-corrected chi connectivity index (χ3v) is 7.33. The molecule has 1 fully saturated rings. The molecule has 3 atom stereocenters. The van der Waals surface area contributed by atoms with Crippen molar-refractivity contribution < 1.29 is 42.9 Å². The Labute approximate surface area is 304 Å². The van der Waals surface area contributed by atoms with Crippen LogP contribution in [0.3, 0.4) is 0 Å². The molecule has 0 spiro atoms. The summed E-state index contributed by atoms with van der Waals surface area (Å²) in [5, 5.41) is 5.63. The predicted octanol–water partition coefficient (Wildman–Crippen LogP) is 5.62. The van der Waals surface area contributed by atoms with Crippen molar-refractivity contribution in [2.75, 3.05) is 26.2 Å². The van der Waals surface area contributed by atoms with E-state index in [0.717, 1.165) is 5.56 Å². The van der Waals surface area contributed by atoms with Gasteiger partial charge in [-0.15, -0.1) is 0 Å². The quantitative estimate of drug-likeness (QED) is 0.207. The maximum atomic E-state index is 13.8. The summed E-state index contributed by atoms with van der Waals surface area (Å²) in [5.74, 6) is -1.92.